The quantitative estimate of drug-likeness (QED) is 0.871. The average Bonchev–Trinajstić information content (AvgIpc) is 2.31. The second kappa shape index (κ2) is 5.27. The van der Waals surface area contributed by atoms with E-state index in [0.717, 1.165) is 25.9 Å². The van der Waals surface area contributed by atoms with E-state index in [0.29, 0.717) is 11.5 Å². The highest BCUT2D eigenvalue weighted by Crippen LogP contribution is 2.32. The first-order valence-electron chi connectivity index (χ1n) is 5.91. The van der Waals surface area contributed by atoms with Crippen molar-refractivity contribution in [2.75, 3.05) is 27.2 Å². The smallest absolute Gasteiger partial charge is 0.164 e. The van der Waals surface area contributed by atoms with Gasteiger partial charge in [-0.05, 0) is 38.6 Å². The lowest BCUT2D eigenvalue weighted by Crippen LogP contribution is -2.38. The summed E-state index contributed by atoms with van der Waals surface area (Å²) < 4.78 is 11.1. The van der Waals surface area contributed by atoms with Crippen LogP contribution in [0, 0.1) is 0 Å². The molecule has 1 aliphatic heterocycles. The van der Waals surface area contributed by atoms with Gasteiger partial charge in [0, 0.05) is 12.6 Å². The maximum absolute atomic E-state index is 9.37. The standard InChI is InChI=1S/C13H19NO3/c1-14-7-3-4-11(9-14)17-12-6-5-10(15)8-13(12)16-2/h5-6,8,11,15H,3-4,7,9H2,1-2H3. The predicted molar refractivity (Wildman–Crippen MR) is 65.8 cm³/mol. The molecule has 4 heteroatoms. The van der Waals surface area contributed by atoms with Crippen molar-refractivity contribution < 1.29 is 14.6 Å². The van der Waals surface area contributed by atoms with E-state index >= 15 is 0 Å². The fourth-order valence-electron chi connectivity index (χ4n) is 2.15. The second-order valence-electron chi connectivity index (χ2n) is 4.48. The third-order valence-electron chi connectivity index (χ3n) is 3.02. The fourth-order valence-corrected chi connectivity index (χ4v) is 2.15. The van der Waals surface area contributed by atoms with E-state index in [4.69, 9.17) is 9.47 Å². The number of aromatic hydroxyl groups is 1. The lowest BCUT2D eigenvalue weighted by Gasteiger charge is -2.30. The van der Waals surface area contributed by atoms with Crippen LogP contribution in [0.5, 0.6) is 17.2 Å². The van der Waals surface area contributed by atoms with E-state index in [1.165, 1.54) is 0 Å². The van der Waals surface area contributed by atoms with E-state index in [9.17, 15) is 5.11 Å². The Hall–Kier alpha value is -1.42. The maximum atomic E-state index is 9.37. The van der Waals surface area contributed by atoms with E-state index < -0.39 is 0 Å². The first-order chi connectivity index (χ1) is 8.19. The number of benzene rings is 1. The SMILES string of the molecule is COc1cc(O)ccc1OC1CCCN(C)C1. The lowest BCUT2D eigenvalue weighted by molar-refractivity contribution is 0.101. The van der Waals surface area contributed by atoms with Crippen LogP contribution in [0.3, 0.4) is 0 Å². The monoisotopic (exact) mass is 237 g/mol. The van der Waals surface area contributed by atoms with E-state index in [-0.39, 0.29) is 11.9 Å². The second-order valence-corrected chi connectivity index (χ2v) is 4.48. The fraction of sp³-hybridized carbons (Fsp3) is 0.538. The summed E-state index contributed by atoms with van der Waals surface area (Å²) in [6, 6.07) is 4.94. The number of methoxy groups -OCH3 is 1. The van der Waals surface area contributed by atoms with Crippen LogP contribution in [0.4, 0.5) is 0 Å². The summed E-state index contributed by atoms with van der Waals surface area (Å²) in [5, 5.41) is 9.37. The Morgan fingerprint density at radius 1 is 1.35 bits per heavy atom. The van der Waals surface area contributed by atoms with Gasteiger partial charge in [-0.2, -0.15) is 0 Å². The Labute approximate surface area is 102 Å². The summed E-state index contributed by atoms with van der Waals surface area (Å²) in [6.45, 7) is 2.07. The number of ether oxygens (including phenoxy) is 2. The molecule has 1 aromatic carbocycles. The molecule has 1 heterocycles. The maximum Gasteiger partial charge on any atom is 0.164 e. The first-order valence-corrected chi connectivity index (χ1v) is 5.91. The molecule has 1 unspecified atom stereocenters. The number of piperidine rings is 1. The van der Waals surface area contributed by atoms with Crippen molar-refractivity contribution in [2.45, 2.75) is 18.9 Å². The number of phenolic OH excluding ortho intramolecular Hbond substituents is 1. The van der Waals surface area contributed by atoms with Crippen molar-refractivity contribution in [3.63, 3.8) is 0 Å². The molecular formula is C13H19NO3. The minimum absolute atomic E-state index is 0.190. The van der Waals surface area contributed by atoms with Crippen molar-refractivity contribution in [3.8, 4) is 17.2 Å². The number of hydrogen-bond acceptors (Lipinski definition) is 4. The molecule has 0 amide bonds. The van der Waals surface area contributed by atoms with Gasteiger partial charge in [0.05, 0.1) is 7.11 Å². The summed E-state index contributed by atoms with van der Waals surface area (Å²) in [7, 11) is 3.68. The summed E-state index contributed by atoms with van der Waals surface area (Å²) in [5.74, 6) is 1.47. The molecular weight excluding hydrogens is 218 g/mol. The van der Waals surface area contributed by atoms with Crippen LogP contribution in [0.1, 0.15) is 12.8 Å². The van der Waals surface area contributed by atoms with Gasteiger partial charge in [-0.25, -0.2) is 0 Å². The highest BCUT2D eigenvalue weighted by atomic mass is 16.5. The Morgan fingerprint density at radius 3 is 2.88 bits per heavy atom. The number of rotatable bonds is 3. The number of likely N-dealkylation sites (N-methyl/N-ethyl adjacent to an activating group) is 1. The van der Waals surface area contributed by atoms with Gasteiger partial charge < -0.3 is 19.5 Å². The molecule has 1 aliphatic rings. The Bertz CT molecular complexity index is 381. The van der Waals surface area contributed by atoms with Gasteiger partial charge in [0.1, 0.15) is 11.9 Å². The van der Waals surface area contributed by atoms with Crippen LogP contribution in [0.15, 0.2) is 18.2 Å². The van der Waals surface area contributed by atoms with Crippen LogP contribution in [0.25, 0.3) is 0 Å². The first kappa shape index (κ1) is 12.0. The van der Waals surface area contributed by atoms with E-state index in [1.807, 2.05) is 0 Å². The molecule has 1 fully saturated rings. The van der Waals surface area contributed by atoms with Gasteiger partial charge in [0.2, 0.25) is 0 Å². The Morgan fingerprint density at radius 2 is 2.18 bits per heavy atom. The molecule has 94 valence electrons. The van der Waals surface area contributed by atoms with Crippen molar-refractivity contribution in [3.05, 3.63) is 18.2 Å². The summed E-state index contributed by atoms with van der Waals surface area (Å²) in [4.78, 5) is 2.26. The van der Waals surface area contributed by atoms with E-state index in [2.05, 4.69) is 11.9 Å². The lowest BCUT2D eigenvalue weighted by atomic mass is 10.1. The van der Waals surface area contributed by atoms with Crippen molar-refractivity contribution in [1.29, 1.82) is 0 Å². The molecule has 4 nitrogen and oxygen atoms in total. The molecule has 17 heavy (non-hydrogen) atoms. The van der Waals surface area contributed by atoms with Crippen molar-refractivity contribution in [1.82, 2.24) is 4.90 Å². The zero-order valence-electron chi connectivity index (χ0n) is 10.3. The largest absolute Gasteiger partial charge is 0.508 e. The molecule has 1 N–H and O–H groups in total. The molecule has 2 rings (SSSR count). The zero-order valence-corrected chi connectivity index (χ0v) is 10.3. The molecule has 0 aromatic heterocycles. The third kappa shape index (κ3) is 3.03. The van der Waals surface area contributed by atoms with Crippen LogP contribution >= 0.6 is 0 Å². The highest BCUT2D eigenvalue weighted by Gasteiger charge is 2.20. The number of likely N-dealkylation sites (tertiary alicyclic amines) is 1. The summed E-state index contributed by atoms with van der Waals surface area (Å²) >= 11 is 0. The topological polar surface area (TPSA) is 41.9 Å². The average molecular weight is 237 g/mol. The Kier molecular flexibility index (Phi) is 3.74. The van der Waals surface area contributed by atoms with Gasteiger partial charge in [-0.1, -0.05) is 0 Å². The molecule has 1 atom stereocenters. The zero-order chi connectivity index (χ0) is 12.3. The van der Waals surface area contributed by atoms with Gasteiger partial charge in [-0.3, -0.25) is 0 Å². The molecule has 0 radical (unpaired) electrons. The van der Waals surface area contributed by atoms with Crippen LogP contribution < -0.4 is 9.47 Å². The van der Waals surface area contributed by atoms with Crippen LogP contribution in [0.2, 0.25) is 0 Å². The molecule has 0 bridgehead atoms. The van der Waals surface area contributed by atoms with E-state index in [1.54, 1.807) is 25.3 Å². The molecule has 0 spiro atoms. The molecule has 1 saturated heterocycles. The minimum Gasteiger partial charge on any atom is -0.508 e. The van der Waals surface area contributed by atoms with Gasteiger partial charge in [0.15, 0.2) is 11.5 Å². The van der Waals surface area contributed by atoms with Gasteiger partial charge >= 0.3 is 0 Å². The van der Waals surface area contributed by atoms with Crippen LogP contribution in [-0.2, 0) is 0 Å². The molecule has 1 aromatic rings. The number of hydrogen-bond donors (Lipinski definition) is 1. The summed E-state index contributed by atoms with van der Waals surface area (Å²) in [5.41, 5.74) is 0. The minimum atomic E-state index is 0.190. The third-order valence-corrected chi connectivity index (χ3v) is 3.02. The highest BCUT2D eigenvalue weighted by molar-refractivity contribution is 5.45. The number of phenols is 1. The normalized spacial score (nSPS) is 21.2. The van der Waals surface area contributed by atoms with Crippen LogP contribution in [-0.4, -0.2) is 43.4 Å². The number of nitrogens with zero attached hydrogens (tertiary/aromatic N) is 1. The van der Waals surface area contributed by atoms with Gasteiger partial charge in [-0.15, -0.1) is 0 Å². The molecule has 0 saturated carbocycles. The van der Waals surface area contributed by atoms with Crippen molar-refractivity contribution >= 4 is 0 Å². The molecule has 0 aliphatic carbocycles. The Balaban J connectivity index is 2.07. The van der Waals surface area contributed by atoms with Crippen molar-refractivity contribution in [2.24, 2.45) is 0 Å². The summed E-state index contributed by atoms with van der Waals surface area (Å²) in [6.07, 6.45) is 2.42. The van der Waals surface area contributed by atoms with Gasteiger partial charge in [0.25, 0.3) is 0 Å². The predicted octanol–water partition coefficient (Wildman–Crippen LogP) is 1.87.